The van der Waals surface area contributed by atoms with Crippen molar-refractivity contribution in [3.8, 4) is 11.9 Å². The fourth-order valence-electron chi connectivity index (χ4n) is 1.31. The van der Waals surface area contributed by atoms with E-state index >= 15 is 0 Å². The Balaban J connectivity index is 3.36. The number of nitrogens with zero attached hydrogens (tertiary/aromatic N) is 2. The Morgan fingerprint density at radius 2 is 2.31 bits per heavy atom. The first-order valence-corrected chi connectivity index (χ1v) is 4.95. The second-order valence-electron chi connectivity index (χ2n) is 2.96. The Hall–Kier alpha value is -1.41. The Labute approximate surface area is 96.6 Å². The van der Waals surface area contributed by atoms with Crippen LogP contribution in [0.25, 0.3) is 0 Å². The van der Waals surface area contributed by atoms with Gasteiger partial charge >= 0.3 is 0 Å². The molecule has 0 radical (unpaired) electrons. The number of ether oxygens (including phenoxy) is 1. The van der Waals surface area contributed by atoms with Crippen molar-refractivity contribution in [2.75, 3.05) is 7.11 Å². The predicted molar refractivity (Wildman–Crippen MR) is 54.6 cm³/mol. The standard InChI is InChI=1S/C10H9ClF2N2O/c1-16-10-7(2-3-14)8(9(12)13)4-6(5-11)15-10/h4,9H,2,5H2,1H3. The third-order valence-electron chi connectivity index (χ3n) is 2.00. The van der Waals surface area contributed by atoms with Gasteiger partial charge in [-0.2, -0.15) is 5.26 Å². The lowest BCUT2D eigenvalue weighted by Gasteiger charge is -2.11. The monoisotopic (exact) mass is 246 g/mol. The molecule has 6 heteroatoms. The molecule has 3 nitrogen and oxygen atoms in total. The zero-order valence-electron chi connectivity index (χ0n) is 8.51. The molecule has 0 amide bonds. The molecule has 0 aromatic carbocycles. The van der Waals surface area contributed by atoms with Gasteiger partial charge in [-0.25, -0.2) is 13.8 Å². The summed E-state index contributed by atoms with van der Waals surface area (Å²) in [4.78, 5) is 3.93. The van der Waals surface area contributed by atoms with Gasteiger partial charge < -0.3 is 4.74 Å². The van der Waals surface area contributed by atoms with Gasteiger partial charge in [0.2, 0.25) is 5.88 Å². The van der Waals surface area contributed by atoms with Gasteiger partial charge in [-0.15, -0.1) is 11.6 Å². The first-order valence-electron chi connectivity index (χ1n) is 4.41. The van der Waals surface area contributed by atoms with E-state index in [9.17, 15) is 8.78 Å². The zero-order valence-corrected chi connectivity index (χ0v) is 9.26. The van der Waals surface area contributed by atoms with Crippen LogP contribution in [0.1, 0.15) is 23.2 Å². The van der Waals surface area contributed by atoms with Crippen molar-refractivity contribution in [2.45, 2.75) is 18.7 Å². The highest BCUT2D eigenvalue weighted by Crippen LogP contribution is 2.30. The van der Waals surface area contributed by atoms with Gasteiger partial charge in [0.05, 0.1) is 31.2 Å². The van der Waals surface area contributed by atoms with E-state index in [-0.39, 0.29) is 29.3 Å². The van der Waals surface area contributed by atoms with Crippen LogP contribution in [-0.2, 0) is 12.3 Å². The molecular weight excluding hydrogens is 238 g/mol. The van der Waals surface area contributed by atoms with Gasteiger partial charge in [0.15, 0.2) is 0 Å². The molecule has 86 valence electrons. The van der Waals surface area contributed by atoms with Crippen molar-refractivity contribution in [3.63, 3.8) is 0 Å². The van der Waals surface area contributed by atoms with Crippen molar-refractivity contribution < 1.29 is 13.5 Å². The smallest absolute Gasteiger partial charge is 0.264 e. The van der Waals surface area contributed by atoms with Crippen LogP contribution in [0.15, 0.2) is 6.07 Å². The van der Waals surface area contributed by atoms with Crippen molar-refractivity contribution in [1.82, 2.24) is 4.98 Å². The summed E-state index contributed by atoms with van der Waals surface area (Å²) in [5, 5.41) is 8.57. The molecular formula is C10H9ClF2N2O. The van der Waals surface area contributed by atoms with Gasteiger partial charge in [-0.3, -0.25) is 0 Å². The van der Waals surface area contributed by atoms with E-state index in [0.29, 0.717) is 5.69 Å². The van der Waals surface area contributed by atoms with Gasteiger partial charge in [-0.1, -0.05) is 0 Å². The van der Waals surface area contributed by atoms with Gasteiger partial charge in [0, 0.05) is 11.1 Å². The zero-order chi connectivity index (χ0) is 12.1. The van der Waals surface area contributed by atoms with Gasteiger partial charge in [0.1, 0.15) is 0 Å². The topological polar surface area (TPSA) is 45.9 Å². The van der Waals surface area contributed by atoms with E-state index in [1.165, 1.54) is 13.2 Å². The van der Waals surface area contributed by atoms with E-state index in [2.05, 4.69) is 4.98 Å². The third-order valence-corrected chi connectivity index (χ3v) is 2.27. The second kappa shape index (κ2) is 5.61. The van der Waals surface area contributed by atoms with Crippen LogP contribution in [0.3, 0.4) is 0 Å². The van der Waals surface area contributed by atoms with E-state index in [4.69, 9.17) is 21.6 Å². The van der Waals surface area contributed by atoms with Crippen LogP contribution < -0.4 is 4.74 Å². The van der Waals surface area contributed by atoms with E-state index < -0.39 is 6.43 Å². The lowest BCUT2D eigenvalue weighted by molar-refractivity contribution is 0.149. The first-order chi connectivity index (χ1) is 7.63. The largest absolute Gasteiger partial charge is 0.481 e. The SMILES string of the molecule is COc1nc(CCl)cc(C(F)F)c1CC#N. The van der Waals surface area contributed by atoms with Crippen molar-refractivity contribution in [1.29, 1.82) is 5.26 Å². The Morgan fingerprint density at radius 1 is 1.62 bits per heavy atom. The third kappa shape index (κ3) is 2.58. The molecule has 1 aromatic rings. The van der Waals surface area contributed by atoms with Crippen LogP contribution in [0.2, 0.25) is 0 Å². The molecule has 0 fully saturated rings. The molecule has 1 rings (SSSR count). The van der Waals surface area contributed by atoms with Crippen LogP contribution in [-0.4, -0.2) is 12.1 Å². The summed E-state index contributed by atoms with van der Waals surface area (Å²) in [6, 6.07) is 3.01. The number of methoxy groups -OCH3 is 1. The van der Waals surface area contributed by atoms with Gasteiger partial charge in [-0.05, 0) is 6.07 Å². The Morgan fingerprint density at radius 3 is 2.75 bits per heavy atom. The molecule has 0 unspecified atom stereocenters. The van der Waals surface area contributed by atoms with Crippen LogP contribution in [0.4, 0.5) is 8.78 Å². The van der Waals surface area contributed by atoms with Crippen LogP contribution >= 0.6 is 11.6 Å². The number of nitriles is 1. The summed E-state index contributed by atoms with van der Waals surface area (Å²) in [5.41, 5.74) is 0.174. The van der Waals surface area contributed by atoms with Crippen LogP contribution in [0, 0.1) is 11.3 Å². The van der Waals surface area contributed by atoms with E-state index in [1.54, 1.807) is 6.07 Å². The minimum Gasteiger partial charge on any atom is -0.481 e. The summed E-state index contributed by atoms with van der Waals surface area (Å²) in [6.07, 6.45) is -2.85. The average molecular weight is 247 g/mol. The highest BCUT2D eigenvalue weighted by atomic mass is 35.5. The Bertz CT molecular complexity index is 418. The molecule has 16 heavy (non-hydrogen) atoms. The molecule has 1 aromatic heterocycles. The minimum atomic E-state index is -2.68. The van der Waals surface area contributed by atoms with E-state index in [0.717, 1.165) is 0 Å². The normalized spacial score (nSPS) is 10.2. The molecule has 0 saturated carbocycles. The molecule has 0 atom stereocenters. The predicted octanol–water partition coefficient (Wildman–Crippen LogP) is 2.83. The average Bonchev–Trinajstić information content (AvgIpc) is 2.29. The second-order valence-corrected chi connectivity index (χ2v) is 3.23. The van der Waals surface area contributed by atoms with Crippen molar-refractivity contribution in [2.24, 2.45) is 0 Å². The maximum absolute atomic E-state index is 12.7. The summed E-state index contributed by atoms with van der Waals surface area (Å²) >= 11 is 5.53. The highest BCUT2D eigenvalue weighted by molar-refractivity contribution is 6.16. The quantitative estimate of drug-likeness (QED) is 0.768. The summed E-state index contributed by atoms with van der Waals surface area (Å²) in [5.74, 6) is 0.0538. The number of aromatic nitrogens is 1. The first kappa shape index (κ1) is 12.7. The lowest BCUT2D eigenvalue weighted by Crippen LogP contribution is -2.03. The fourth-order valence-corrected chi connectivity index (χ4v) is 1.45. The molecule has 0 aliphatic heterocycles. The van der Waals surface area contributed by atoms with E-state index in [1.807, 2.05) is 0 Å². The Kier molecular flexibility index (Phi) is 4.44. The van der Waals surface area contributed by atoms with Crippen LogP contribution in [0.5, 0.6) is 5.88 Å². The maximum Gasteiger partial charge on any atom is 0.264 e. The van der Waals surface area contributed by atoms with Gasteiger partial charge in [0.25, 0.3) is 6.43 Å². The number of halogens is 3. The molecule has 1 heterocycles. The molecule has 0 saturated heterocycles. The van der Waals surface area contributed by atoms with Crippen molar-refractivity contribution >= 4 is 11.6 Å². The number of hydrogen-bond acceptors (Lipinski definition) is 3. The molecule has 0 bridgehead atoms. The number of rotatable bonds is 4. The molecule has 0 aliphatic rings. The fraction of sp³-hybridized carbons (Fsp3) is 0.400. The lowest BCUT2D eigenvalue weighted by atomic mass is 10.1. The highest BCUT2D eigenvalue weighted by Gasteiger charge is 2.19. The molecule has 0 spiro atoms. The molecule has 0 N–H and O–H groups in total. The maximum atomic E-state index is 12.7. The van der Waals surface area contributed by atoms with Crippen molar-refractivity contribution in [3.05, 3.63) is 22.9 Å². The summed E-state index contributed by atoms with van der Waals surface area (Å²) in [7, 11) is 1.32. The number of alkyl halides is 3. The minimum absolute atomic E-state index is 0.0168. The summed E-state index contributed by atoms with van der Waals surface area (Å²) in [6.45, 7) is 0. The number of pyridine rings is 1. The molecule has 0 aliphatic carbocycles. The number of hydrogen-bond donors (Lipinski definition) is 0. The summed E-state index contributed by atoms with van der Waals surface area (Å²) < 4.78 is 30.4.